The van der Waals surface area contributed by atoms with Gasteiger partial charge in [0.25, 0.3) is 0 Å². The van der Waals surface area contributed by atoms with Crippen LogP contribution in [-0.2, 0) is 19.3 Å². The van der Waals surface area contributed by atoms with E-state index in [-0.39, 0.29) is 16.4 Å². The molecule has 190 valence electrons. The highest BCUT2D eigenvalue weighted by atomic mass is 32.1. The minimum Gasteiger partial charge on any atom is -0.504 e. The van der Waals surface area contributed by atoms with Crippen LogP contribution in [0.2, 0.25) is 0 Å². The molecule has 0 saturated heterocycles. The summed E-state index contributed by atoms with van der Waals surface area (Å²) in [5, 5.41) is 23.5. The molecule has 1 aromatic heterocycles. The van der Waals surface area contributed by atoms with Gasteiger partial charge in [-0.15, -0.1) is 0 Å². The van der Waals surface area contributed by atoms with Crippen molar-refractivity contribution in [1.82, 2.24) is 15.2 Å². The maximum absolute atomic E-state index is 11.5. The van der Waals surface area contributed by atoms with E-state index in [1.54, 1.807) is 6.07 Å². The lowest BCUT2D eigenvalue weighted by Gasteiger charge is -2.35. The Morgan fingerprint density at radius 1 is 1.09 bits per heavy atom. The van der Waals surface area contributed by atoms with Gasteiger partial charge in [-0.05, 0) is 100 Å². The number of thiazole rings is 1. The molecule has 4 rings (SSSR count). The van der Waals surface area contributed by atoms with Crippen molar-refractivity contribution >= 4 is 21.6 Å². The standard InChI is InChI=1S/C28H39N3O3S/c1-2-16-31(22-9-10-23-21(19-22)8-12-25(32)27(23)33)17-6-4-3-5-14-29-15-13-20-7-11-24-26(18-20)35-28(34)30-24/h7-8,11-12,18,22,29,32-33H,2-6,9-10,13-17,19H2,1H3,(H,30,34)/t22-/m0/s1. The number of rotatable bonds is 13. The Hall–Kier alpha value is -2.35. The third-order valence-electron chi connectivity index (χ3n) is 7.19. The topological polar surface area (TPSA) is 88.6 Å². The highest BCUT2D eigenvalue weighted by Crippen LogP contribution is 2.36. The first-order valence-corrected chi connectivity index (χ1v) is 14.0. The van der Waals surface area contributed by atoms with E-state index in [9.17, 15) is 15.0 Å². The summed E-state index contributed by atoms with van der Waals surface area (Å²) in [5.74, 6) is 0.0799. The lowest BCUT2D eigenvalue weighted by Crippen LogP contribution is -2.40. The lowest BCUT2D eigenvalue weighted by atomic mass is 9.86. The summed E-state index contributed by atoms with van der Waals surface area (Å²) in [6.07, 6.45) is 9.91. The largest absolute Gasteiger partial charge is 0.504 e. The maximum Gasteiger partial charge on any atom is 0.305 e. The molecule has 1 aliphatic carbocycles. The van der Waals surface area contributed by atoms with Crippen LogP contribution in [0.1, 0.15) is 62.1 Å². The van der Waals surface area contributed by atoms with Crippen molar-refractivity contribution in [3.8, 4) is 11.5 Å². The number of aromatic nitrogens is 1. The average Bonchev–Trinajstić information content (AvgIpc) is 3.23. The second-order valence-electron chi connectivity index (χ2n) is 9.76. The first kappa shape index (κ1) is 25.7. The number of H-pyrrole nitrogens is 1. The first-order valence-electron chi connectivity index (χ1n) is 13.1. The van der Waals surface area contributed by atoms with Crippen LogP contribution in [0, 0.1) is 0 Å². The van der Waals surface area contributed by atoms with Crippen molar-refractivity contribution in [1.29, 1.82) is 0 Å². The molecule has 3 aromatic rings. The normalized spacial score (nSPS) is 15.7. The Kier molecular flexibility index (Phi) is 9.24. The zero-order valence-corrected chi connectivity index (χ0v) is 21.6. The smallest absolute Gasteiger partial charge is 0.305 e. The van der Waals surface area contributed by atoms with Crippen LogP contribution in [0.25, 0.3) is 10.2 Å². The fourth-order valence-corrected chi connectivity index (χ4v) is 6.10. The third kappa shape index (κ3) is 6.87. The van der Waals surface area contributed by atoms with E-state index in [0.29, 0.717) is 6.04 Å². The number of phenols is 2. The van der Waals surface area contributed by atoms with E-state index in [2.05, 4.69) is 34.3 Å². The van der Waals surface area contributed by atoms with Crippen LogP contribution < -0.4 is 10.2 Å². The number of benzene rings is 2. The monoisotopic (exact) mass is 497 g/mol. The Morgan fingerprint density at radius 3 is 2.80 bits per heavy atom. The van der Waals surface area contributed by atoms with Crippen LogP contribution >= 0.6 is 11.3 Å². The zero-order chi connectivity index (χ0) is 24.6. The van der Waals surface area contributed by atoms with Crippen molar-refractivity contribution in [3.63, 3.8) is 0 Å². The van der Waals surface area contributed by atoms with Crippen molar-refractivity contribution < 1.29 is 10.2 Å². The van der Waals surface area contributed by atoms with Crippen LogP contribution in [0.4, 0.5) is 0 Å². The van der Waals surface area contributed by atoms with Gasteiger partial charge in [0.05, 0.1) is 10.2 Å². The van der Waals surface area contributed by atoms with Gasteiger partial charge in [-0.25, -0.2) is 0 Å². The third-order valence-corrected chi connectivity index (χ3v) is 8.04. The van der Waals surface area contributed by atoms with Crippen molar-refractivity contribution in [3.05, 3.63) is 56.7 Å². The number of nitrogens with one attached hydrogen (secondary N) is 2. The average molecular weight is 498 g/mol. The molecule has 0 fully saturated rings. The number of aromatic hydroxyl groups is 2. The van der Waals surface area contributed by atoms with Gasteiger partial charge in [0.15, 0.2) is 11.5 Å². The molecule has 0 radical (unpaired) electrons. The van der Waals surface area contributed by atoms with E-state index < -0.39 is 0 Å². The molecule has 0 bridgehead atoms. The van der Waals surface area contributed by atoms with Crippen molar-refractivity contribution in [2.45, 2.75) is 70.8 Å². The number of aromatic amines is 1. The highest BCUT2D eigenvalue weighted by Gasteiger charge is 2.26. The van der Waals surface area contributed by atoms with Crippen LogP contribution in [0.15, 0.2) is 35.1 Å². The molecular formula is C28H39N3O3S. The molecule has 0 unspecified atom stereocenters. The van der Waals surface area contributed by atoms with Gasteiger partial charge >= 0.3 is 4.87 Å². The second-order valence-corrected chi connectivity index (χ2v) is 10.8. The fourth-order valence-electron chi connectivity index (χ4n) is 5.30. The Morgan fingerprint density at radius 2 is 1.94 bits per heavy atom. The van der Waals surface area contributed by atoms with Gasteiger partial charge in [0.2, 0.25) is 0 Å². The SMILES string of the molecule is CCCN(CCCCCCNCCc1ccc2[nH]c(=O)sc2c1)[C@H]1CCc2c(ccc(O)c2O)C1. The van der Waals surface area contributed by atoms with Crippen LogP contribution in [0.3, 0.4) is 0 Å². The summed E-state index contributed by atoms with van der Waals surface area (Å²) in [5.41, 5.74) is 4.33. The summed E-state index contributed by atoms with van der Waals surface area (Å²) < 4.78 is 1.04. The predicted molar refractivity (Wildman–Crippen MR) is 145 cm³/mol. The van der Waals surface area contributed by atoms with E-state index in [1.165, 1.54) is 48.1 Å². The van der Waals surface area contributed by atoms with E-state index in [0.717, 1.165) is 74.1 Å². The number of phenolic OH excluding ortho intramolecular Hbond substituents is 2. The summed E-state index contributed by atoms with van der Waals surface area (Å²) in [7, 11) is 0. The minimum atomic E-state index is -0.000301. The number of nitrogens with zero attached hydrogens (tertiary/aromatic N) is 1. The molecule has 4 N–H and O–H groups in total. The van der Waals surface area contributed by atoms with Gasteiger partial charge in [0.1, 0.15) is 0 Å². The number of hydrogen-bond acceptors (Lipinski definition) is 6. The molecule has 1 atom stereocenters. The molecule has 6 nitrogen and oxygen atoms in total. The van der Waals surface area contributed by atoms with Gasteiger partial charge in [0, 0.05) is 11.6 Å². The summed E-state index contributed by atoms with van der Waals surface area (Å²) in [6.45, 7) is 6.52. The second kappa shape index (κ2) is 12.6. The molecule has 0 amide bonds. The fraction of sp³-hybridized carbons (Fsp3) is 0.536. The number of fused-ring (bicyclic) bond motifs is 2. The first-order chi connectivity index (χ1) is 17.0. The van der Waals surface area contributed by atoms with E-state index in [1.807, 2.05) is 12.1 Å². The molecule has 0 spiro atoms. The molecule has 35 heavy (non-hydrogen) atoms. The summed E-state index contributed by atoms with van der Waals surface area (Å²) >= 11 is 1.28. The zero-order valence-electron chi connectivity index (χ0n) is 20.8. The highest BCUT2D eigenvalue weighted by molar-refractivity contribution is 7.16. The molecule has 0 aliphatic heterocycles. The minimum absolute atomic E-state index is 0.000301. The Balaban J connectivity index is 1.11. The Labute approximate surface area is 212 Å². The van der Waals surface area contributed by atoms with Crippen molar-refractivity contribution in [2.24, 2.45) is 0 Å². The number of hydrogen-bond donors (Lipinski definition) is 4. The number of unbranched alkanes of at least 4 members (excludes halogenated alkanes) is 3. The summed E-state index contributed by atoms with van der Waals surface area (Å²) in [4.78, 5) is 17.0. The van der Waals surface area contributed by atoms with Crippen LogP contribution in [-0.4, -0.2) is 52.3 Å². The van der Waals surface area contributed by atoms with Crippen molar-refractivity contribution in [2.75, 3.05) is 26.2 Å². The van der Waals surface area contributed by atoms with Gasteiger partial charge in [-0.1, -0.05) is 43.2 Å². The van der Waals surface area contributed by atoms with Gasteiger partial charge in [-0.2, -0.15) is 0 Å². The molecule has 1 aliphatic rings. The molecule has 2 aromatic carbocycles. The van der Waals surface area contributed by atoms with Gasteiger partial charge < -0.3 is 25.4 Å². The molecule has 0 saturated carbocycles. The lowest BCUT2D eigenvalue weighted by molar-refractivity contribution is 0.175. The van der Waals surface area contributed by atoms with E-state index >= 15 is 0 Å². The van der Waals surface area contributed by atoms with E-state index in [4.69, 9.17) is 0 Å². The quantitative estimate of drug-likeness (QED) is 0.198. The predicted octanol–water partition coefficient (Wildman–Crippen LogP) is 4.96. The summed E-state index contributed by atoms with van der Waals surface area (Å²) in [6, 6.07) is 10.4. The molecule has 1 heterocycles. The maximum atomic E-state index is 11.5. The molecule has 7 heteroatoms. The van der Waals surface area contributed by atoms with Crippen LogP contribution in [0.5, 0.6) is 11.5 Å². The Bertz CT molecular complexity index is 1160. The molecular weight excluding hydrogens is 458 g/mol. The van der Waals surface area contributed by atoms with Gasteiger partial charge in [-0.3, -0.25) is 4.79 Å².